The molecule has 0 saturated carbocycles. The van der Waals surface area contributed by atoms with Gasteiger partial charge in [-0.05, 0) is 30.7 Å². The molecule has 1 heterocycles. The second-order valence-electron chi connectivity index (χ2n) is 5.00. The fraction of sp³-hybridized carbons (Fsp3) is 0.176. The van der Waals surface area contributed by atoms with Gasteiger partial charge in [-0.15, -0.1) is 0 Å². The first-order valence-electron chi connectivity index (χ1n) is 7.21. The van der Waals surface area contributed by atoms with Gasteiger partial charge in [0.1, 0.15) is 5.82 Å². The summed E-state index contributed by atoms with van der Waals surface area (Å²) in [6.45, 7) is 1.77. The predicted molar refractivity (Wildman–Crippen MR) is 86.0 cm³/mol. The van der Waals surface area contributed by atoms with Crippen LogP contribution in [0.4, 0.5) is 4.39 Å². The first kappa shape index (κ1) is 19.6. The first-order chi connectivity index (χ1) is 11.1. The molecule has 0 radical (unpaired) electrons. The third kappa shape index (κ3) is 3.92. The number of nitrogens with zero attached hydrogens (tertiary/aromatic N) is 2. The number of halogens is 1. The summed E-state index contributed by atoms with van der Waals surface area (Å²) >= 11 is 1.08. The van der Waals surface area contributed by atoms with E-state index in [1.807, 2.05) is 24.3 Å². The molecule has 4 nitrogen and oxygen atoms in total. The van der Waals surface area contributed by atoms with E-state index in [4.69, 9.17) is 0 Å². The molecule has 118 valence electrons. The molecule has 1 aromatic heterocycles. The predicted octanol–water partition coefficient (Wildman–Crippen LogP) is -0.211. The Morgan fingerprint density at radius 2 is 1.92 bits per heavy atom. The van der Waals surface area contributed by atoms with Gasteiger partial charge in [0, 0.05) is 0 Å². The number of thioether (sulfide) groups is 1. The number of carbonyl (C=O) groups is 1. The van der Waals surface area contributed by atoms with E-state index in [0.717, 1.165) is 17.3 Å². The molecule has 0 spiro atoms. The second-order valence-corrected chi connectivity index (χ2v) is 6.17. The third-order valence-corrected chi connectivity index (χ3v) is 4.80. The zero-order valence-electron chi connectivity index (χ0n) is 13.4. The molecule has 0 N–H and O–H groups in total. The topological polar surface area (TPSA) is 58.0 Å². The van der Waals surface area contributed by atoms with E-state index in [-0.39, 0.29) is 57.2 Å². The minimum Gasteiger partial charge on any atom is -0.549 e. The number of hydrogen-bond acceptors (Lipinski definition) is 4. The maximum absolute atomic E-state index is 14.3. The zero-order valence-corrected chi connectivity index (χ0v) is 17.3. The standard InChI is InChI=1S/C17H15FN2O2S.K/c1-2-15(16(21)22)23-17-19-12-8-4-6-10-14(12)20(17)13-9-5-3-7-11(13)18;/h3-10,15H,2H2,1H3,(H,21,22);/q;+1/p-1. The number of para-hydroxylation sites is 3. The maximum atomic E-state index is 14.3. The van der Waals surface area contributed by atoms with Gasteiger partial charge >= 0.3 is 51.4 Å². The van der Waals surface area contributed by atoms with Gasteiger partial charge in [-0.25, -0.2) is 9.37 Å². The Bertz CT molecular complexity index is 869. The minimum atomic E-state index is -1.15. The SMILES string of the molecule is CCC(Sc1nc2ccccc2n1-c1ccccc1F)C(=O)[O-].[K+]. The van der Waals surface area contributed by atoms with Gasteiger partial charge in [0.05, 0.1) is 27.9 Å². The summed E-state index contributed by atoms with van der Waals surface area (Å²) < 4.78 is 15.9. The molecule has 7 heteroatoms. The van der Waals surface area contributed by atoms with Crippen LogP contribution in [0.1, 0.15) is 13.3 Å². The summed E-state index contributed by atoms with van der Waals surface area (Å²) in [6, 6.07) is 13.7. The number of carbonyl (C=O) groups excluding carboxylic acids is 1. The molecule has 3 rings (SSSR count). The zero-order chi connectivity index (χ0) is 16.4. The minimum absolute atomic E-state index is 0. The number of benzene rings is 2. The van der Waals surface area contributed by atoms with E-state index < -0.39 is 11.2 Å². The second kappa shape index (κ2) is 8.60. The van der Waals surface area contributed by atoms with Crippen molar-refractivity contribution in [2.45, 2.75) is 23.8 Å². The summed E-state index contributed by atoms with van der Waals surface area (Å²) in [5.74, 6) is -1.54. The summed E-state index contributed by atoms with van der Waals surface area (Å²) in [5, 5.41) is 10.9. The van der Waals surface area contributed by atoms with Gasteiger partial charge < -0.3 is 9.90 Å². The number of aliphatic carboxylic acids is 1. The van der Waals surface area contributed by atoms with E-state index in [1.165, 1.54) is 6.07 Å². The van der Waals surface area contributed by atoms with Crippen molar-refractivity contribution >= 4 is 28.8 Å². The van der Waals surface area contributed by atoms with E-state index in [2.05, 4.69) is 4.98 Å². The van der Waals surface area contributed by atoms with Crippen molar-refractivity contribution in [3.63, 3.8) is 0 Å². The molecule has 0 aliphatic heterocycles. The Hall–Kier alpha value is -0.704. The van der Waals surface area contributed by atoms with Crippen LogP contribution < -0.4 is 56.5 Å². The van der Waals surface area contributed by atoms with Crippen LogP contribution in [0.3, 0.4) is 0 Å². The van der Waals surface area contributed by atoms with E-state index >= 15 is 0 Å². The Labute approximate surface area is 185 Å². The number of rotatable bonds is 5. The molecule has 2 aromatic carbocycles. The van der Waals surface area contributed by atoms with Gasteiger partial charge in [0.15, 0.2) is 5.16 Å². The molecule has 0 aliphatic rings. The van der Waals surface area contributed by atoms with Gasteiger partial charge in [0.25, 0.3) is 0 Å². The monoisotopic (exact) mass is 368 g/mol. The first-order valence-corrected chi connectivity index (χ1v) is 8.09. The quantitative estimate of drug-likeness (QED) is 0.462. The van der Waals surface area contributed by atoms with Crippen LogP contribution in [0.25, 0.3) is 16.7 Å². The molecule has 0 fully saturated rings. The van der Waals surface area contributed by atoms with Crippen LogP contribution in [-0.2, 0) is 4.79 Å². The van der Waals surface area contributed by atoms with E-state index in [1.54, 1.807) is 29.7 Å². The molecule has 0 bridgehead atoms. The molecule has 0 aliphatic carbocycles. The van der Waals surface area contributed by atoms with Gasteiger partial charge in [-0.1, -0.05) is 43.0 Å². The molecule has 0 saturated heterocycles. The normalized spacial score (nSPS) is 11.9. The molecular formula is C17H14FKN2O2S. The van der Waals surface area contributed by atoms with Crippen molar-refractivity contribution in [2.75, 3.05) is 0 Å². The number of carboxylic acid groups (broad SMARTS) is 1. The molecule has 0 amide bonds. The average molecular weight is 368 g/mol. The molecule has 3 aromatic rings. The van der Waals surface area contributed by atoms with Crippen molar-refractivity contribution in [3.8, 4) is 5.69 Å². The Kier molecular flexibility index (Phi) is 7.03. The molecule has 1 atom stereocenters. The Morgan fingerprint density at radius 3 is 2.58 bits per heavy atom. The van der Waals surface area contributed by atoms with E-state index in [9.17, 15) is 14.3 Å². The number of hydrogen-bond donors (Lipinski definition) is 0. The average Bonchev–Trinajstić information content (AvgIpc) is 2.90. The van der Waals surface area contributed by atoms with Crippen molar-refractivity contribution in [3.05, 3.63) is 54.3 Å². The van der Waals surface area contributed by atoms with Crippen LogP contribution in [0, 0.1) is 5.82 Å². The van der Waals surface area contributed by atoms with Crippen LogP contribution in [0.2, 0.25) is 0 Å². The third-order valence-electron chi connectivity index (χ3n) is 3.50. The summed E-state index contributed by atoms with van der Waals surface area (Å²) in [6.07, 6.45) is 0.396. The van der Waals surface area contributed by atoms with Gasteiger partial charge in [0.2, 0.25) is 0 Å². The van der Waals surface area contributed by atoms with Crippen LogP contribution in [0.15, 0.2) is 53.7 Å². The summed E-state index contributed by atoms with van der Waals surface area (Å²) in [4.78, 5) is 15.7. The van der Waals surface area contributed by atoms with E-state index in [0.29, 0.717) is 22.8 Å². The fourth-order valence-corrected chi connectivity index (χ4v) is 3.34. The largest absolute Gasteiger partial charge is 1.00 e. The molecular weight excluding hydrogens is 354 g/mol. The Balaban J connectivity index is 0.00000208. The van der Waals surface area contributed by atoms with Crippen molar-refractivity contribution in [2.24, 2.45) is 0 Å². The number of imidazole rings is 1. The maximum Gasteiger partial charge on any atom is 1.00 e. The molecule has 24 heavy (non-hydrogen) atoms. The van der Waals surface area contributed by atoms with Crippen LogP contribution >= 0.6 is 11.8 Å². The fourth-order valence-electron chi connectivity index (χ4n) is 2.37. The van der Waals surface area contributed by atoms with Crippen molar-refractivity contribution in [1.82, 2.24) is 9.55 Å². The Morgan fingerprint density at radius 1 is 1.25 bits per heavy atom. The summed E-state index contributed by atoms with van der Waals surface area (Å²) in [7, 11) is 0. The number of aromatic nitrogens is 2. The number of carboxylic acids is 1. The van der Waals surface area contributed by atoms with Crippen molar-refractivity contribution in [1.29, 1.82) is 0 Å². The van der Waals surface area contributed by atoms with Crippen LogP contribution in [0.5, 0.6) is 0 Å². The van der Waals surface area contributed by atoms with Gasteiger partial charge in [-0.2, -0.15) is 0 Å². The molecule has 1 unspecified atom stereocenters. The van der Waals surface area contributed by atoms with Crippen molar-refractivity contribution < 1.29 is 65.7 Å². The van der Waals surface area contributed by atoms with Crippen LogP contribution in [-0.4, -0.2) is 20.8 Å². The number of fused-ring (bicyclic) bond motifs is 1. The summed E-state index contributed by atoms with van der Waals surface area (Å²) in [5.41, 5.74) is 1.76. The van der Waals surface area contributed by atoms with Gasteiger partial charge in [-0.3, -0.25) is 4.57 Å². The smallest absolute Gasteiger partial charge is 0.549 e.